The normalized spacial score (nSPS) is 14.0. The Bertz CT molecular complexity index is 1580. The number of nitrogens with two attached hydrogens (primary N) is 2. The number of aromatic nitrogens is 3. The standard InChI is InChI=1S/C29H31N7O.C6H14N2O2/c1-21-5-10-25(18-27(21)34-29-31-13-11-26(33-29)24-4-3-12-30-19-24)32-28(37)23-8-6-22(7-9-23)20-36-16-14-35(2)15-17-36;7-4-2-1-3-5(8)6(9)10/h3-13,18-19H,14-17,20H2,1-2H3,(H,32,37)(H,31,33,34);5H,1-4,7-8H2,(H,9,10)/t;5-/m.0/s1. The second-order valence-corrected chi connectivity index (χ2v) is 11.6. The third kappa shape index (κ3) is 11.2. The first-order valence-electron chi connectivity index (χ1n) is 15.8. The highest BCUT2D eigenvalue weighted by atomic mass is 16.4. The van der Waals surface area contributed by atoms with Crippen molar-refractivity contribution < 1.29 is 14.7 Å². The molecule has 0 unspecified atom stereocenters. The number of nitrogens with one attached hydrogen (secondary N) is 2. The zero-order chi connectivity index (χ0) is 33.6. The molecule has 4 aromatic rings. The highest BCUT2D eigenvalue weighted by Crippen LogP contribution is 2.25. The fourth-order valence-corrected chi connectivity index (χ4v) is 4.91. The molecule has 1 aliphatic rings. The van der Waals surface area contributed by atoms with Crippen molar-refractivity contribution in [1.29, 1.82) is 0 Å². The van der Waals surface area contributed by atoms with Crippen LogP contribution in [-0.2, 0) is 11.3 Å². The van der Waals surface area contributed by atoms with E-state index in [1.807, 2.05) is 67.6 Å². The molecule has 1 aliphatic heterocycles. The van der Waals surface area contributed by atoms with Crippen LogP contribution >= 0.6 is 0 Å². The number of unbranched alkanes of at least 4 members (excludes halogenated alkanes) is 1. The first-order valence-corrected chi connectivity index (χ1v) is 15.8. The molecule has 0 bridgehead atoms. The van der Waals surface area contributed by atoms with Gasteiger partial charge in [-0.1, -0.05) is 24.6 Å². The number of hydrogen-bond donors (Lipinski definition) is 5. The van der Waals surface area contributed by atoms with Crippen LogP contribution in [0.5, 0.6) is 0 Å². The van der Waals surface area contributed by atoms with Gasteiger partial charge in [0.2, 0.25) is 5.95 Å². The molecule has 12 nitrogen and oxygen atoms in total. The van der Waals surface area contributed by atoms with Crippen LogP contribution in [0.15, 0.2) is 79.3 Å². The Hall–Kier alpha value is -4.75. The van der Waals surface area contributed by atoms with Crippen molar-refractivity contribution in [3.63, 3.8) is 0 Å². The van der Waals surface area contributed by atoms with Crippen LogP contribution in [0.2, 0.25) is 0 Å². The number of benzene rings is 2. The first-order chi connectivity index (χ1) is 22.7. The molecule has 1 saturated heterocycles. The number of carboxylic acids is 1. The Kier molecular flexibility index (Phi) is 13.3. The average molecular weight is 640 g/mol. The summed E-state index contributed by atoms with van der Waals surface area (Å²) in [4.78, 5) is 41.0. The highest BCUT2D eigenvalue weighted by Gasteiger charge is 2.15. The Labute approximate surface area is 276 Å². The molecule has 5 rings (SSSR count). The van der Waals surface area contributed by atoms with Gasteiger partial charge in [0.25, 0.3) is 5.91 Å². The lowest BCUT2D eigenvalue weighted by Gasteiger charge is -2.32. The molecule has 2 aromatic heterocycles. The van der Waals surface area contributed by atoms with Crippen molar-refractivity contribution >= 4 is 29.2 Å². The number of pyridine rings is 1. The third-order valence-corrected chi connectivity index (χ3v) is 7.86. The van der Waals surface area contributed by atoms with Crippen molar-refractivity contribution in [3.05, 3.63) is 95.9 Å². The lowest BCUT2D eigenvalue weighted by molar-refractivity contribution is -0.138. The summed E-state index contributed by atoms with van der Waals surface area (Å²) in [6.07, 6.45) is 7.38. The van der Waals surface area contributed by atoms with Gasteiger partial charge in [-0.15, -0.1) is 0 Å². The van der Waals surface area contributed by atoms with Gasteiger partial charge >= 0.3 is 5.97 Å². The van der Waals surface area contributed by atoms with Gasteiger partial charge in [-0.2, -0.15) is 0 Å². The third-order valence-electron chi connectivity index (χ3n) is 7.86. The first kappa shape index (κ1) is 35.1. The number of hydrogen-bond acceptors (Lipinski definition) is 10. The van der Waals surface area contributed by atoms with E-state index in [1.54, 1.807) is 18.6 Å². The summed E-state index contributed by atoms with van der Waals surface area (Å²) in [5.41, 5.74) is 16.5. The number of likely N-dealkylation sites (N-methyl/N-ethyl adjacent to an activating group) is 1. The van der Waals surface area contributed by atoms with Crippen LogP contribution in [0.25, 0.3) is 11.3 Å². The molecular formula is C35H45N9O3. The van der Waals surface area contributed by atoms with E-state index in [0.29, 0.717) is 30.2 Å². The zero-order valence-electron chi connectivity index (χ0n) is 27.1. The second kappa shape index (κ2) is 17.8. The summed E-state index contributed by atoms with van der Waals surface area (Å²) in [5, 5.41) is 14.6. The van der Waals surface area contributed by atoms with Crippen LogP contribution < -0.4 is 22.1 Å². The molecule has 1 atom stereocenters. The number of carbonyl (C=O) groups excluding carboxylic acids is 1. The maximum atomic E-state index is 12.9. The number of nitrogens with zero attached hydrogens (tertiary/aromatic N) is 5. The van der Waals surface area contributed by atoms with E-state index in [-0.39, 0.29) is 5.91 Å². The molecule has 1 fully saturated rings. The van der Waals surface area contributed by atoms with Crippen molar-refractivity contribution in [3.8, 4) is 11.3 Å². The van der Waals surface area contributed by atoms with E-state index in [0.717, 1.165) is 68.1 Å². The maximum absolute atomic E-state index is 12.9. The van der Waals surface area contributed by atoms with Crippen molar-refractivity contribution in [2.24, 2.45) is 11.5 Å². The van der Waals surface area contributed by atoms with E-state index in [4.69, 9.17) is 16.6 Å². The van der Waals surface area contributed by atoms with E-state index in [9.17, 15) is 9.59 Å². The minimum Gasteiger partial charge on any atom is -0.480 e. The number of piperazine rings is 1. The monoisotopic (exact) mass is 639 g/mol. The Morgan fingerprint density at radius 3 is 2.45 bits per heavy atom. The van der Waals surface area contributed by atoms with Crippen LogP contribution in [0.1, 0.15) is 40.7 Å². The summed E-state index contributed by atoms with van der Waals surface area (Å²) in [6.45, 7) is 7.84. The van der Waals surface area contributed by atoms with Crippen LogP contribution in [0.3, 0.4) is 0 Å². The number of carboxylic acid groups (broad SMARTS) is 1. The van der Waals surface area contributed by atoms with E-state index in [1.165, 1.54) is 5.56 Å². The molecule has 2 aromatic carbocycles. The molecule has 0 aliphatic carbocycles. The van der Waals surface area contributed by atoms with Gasteiger partial charge in [-0.05, 0) is 86.9 Å². The van der Waals surface area contributed by atoms with Gasteiger partial charge in [0, 0.05) is 73.8 Å². The number of rotatable bonds is 12. The predicted molar refractivity (Wildman–Crippen MR) is 185 cm³/mol. The molecule has 0 saturated carbocycles. The molecule has 0 spiro atoms. The Balaban J connectivity index is 0.000000434. The summed E-state index contributed by atoms with van der Waals surface area (Å²) < 4.78 is 0. The minimum absolute atomic E-state index is 0.143. The van der Waals surface area contributed by atoms with Crippen molar-refractivity contribution in [1.82, 2.24) is 24.8 Å². The van der Waals surface area contributed by atoms with Gasteiger partial charge in [-0.3, -0.25) is 19.5 Å². The van der Waals surface area contributed by atoms with E-state index in [2.05, 4.69) is 42.4 Å². The van der Waals surface area contributed by atoms with Gasteiger partial charge in [0.15, 0.2) is 0 Å². The van der Waals surface area contributed by atoms with Crippen LogP contribution in [-0.4, -0.2) is 87.5 Å². The molecule has 47 heavy (non-hydrogen) atoms. The van der Waals surface area contributed by atoms with Gasteiger partial charge in [-0.25, -0.2) is 9.97 Å². The smallest absolute Gasteiger partial charge is 0.320 e. The maximum Gasteiger partial charge on any atom is 0.320 e. The molecule has 1 amide bonds. The largest absolute Gasteiger partial charge is 0.480 e. The SMILES string of the molecule is Cc1ccc(NC(=O)c2ccc(CN3CCN(C)CC3)cc2)cc1Nc1nccc(-c2cccnc2)n1.NCCCC[C@H](N)C(=O)O. The summed E-state index contributed by atoms with van der Waals surface area (Å²) >= 11 is 0. The molecule has 12 heteroatoms. The van der Waals surface area contributed by atoms with Gasteiger partial charge in [0.1, 0.15) is 6.04 Å². The Morgan fingerprint density at radius 1 is 1.00 bits per heavy atom. The molecule has 3 heterocycles. The molecule has 7 N–H and O–H groups in total. The lowest BCUT2D eigenvalue weighted by Crippen LogP contribution is -2.43. The van der Waals surface area contributed by atoms with Crippen molar-refractivity contribution in [2.45, 2.75) is 38.8 Å². The number of carbonyl (C=O) groups is 2. The van der Waals surface area contributed by atoms with Gasteiger partial charge in [0.05, 0.1) is 5.69 Å². The zero-order valence-corrected chi connectivity index (χ0v) is 27.1. The van der Waals surface area contributed by atoms with Crippen molar-refractivity contribution in [2.75, 3.05) is 50.4 Å². The number of aliphatic carboxylic acids is 1. The number of aryl methyl sites for hydroxylation is 1. The number of amides is 1. The van der Waals surface area contributed by atoms with Gasteiger partial charge < -0.3 is 32.1 Å². The van der Waals surface area contributed by atoms with E-state index >= 15 is 0 Å². The molecular weight excluding hydrogens is 594 g/mol. The fraction of sp³-hybridized carbons (Fsp3) is 0.343. The summed E-state index contributed by atoms with van der Waals surface area (Å²) in [7, 11) is 2.16. The quantitative estimate of drug-likeness (QED) is 0.141. The molecule has 0 radical (unpaired) electrons. The highest BCUT2D eigenvalue weighted by molar-refractivity contribution is 6.04. The van der Waals surface area contributed by atoms with Crippen LogP contribution in [0, 0.1) is 6.92 Å². The minimum atomic E-state index is -0.933. The predicted octanol–water partition coefficient (Wildman–Crippen LogP) is 4.12. The topological polar surface area (TPSA) is 176 Å². The number of anilines is 3. The lowest BCUT2D eigenvalue weighted by atomic mass is 10.1. The molecule has 248 valence electrons. The second-order valence-electron chi connectivity index (χ2n) is 11.6. The van der Waals surface area contributed by atoms with Crippen LogP contribution in [0.4, 0.5) is 17.3 Å². The Morgan fingerprint density at radius 2 is 1.77 bits per heavy atom. The van der Waals surface area contributed by atoms with E-state index < -0.39 is 12.0 Å². The summed E-state index contributed by atoms with van der Waals surface area (Å²) in [6, 6.07) is 18.6. The summed E-state index contributed by atoms with van der Waals surface area (Å²) in [5.74, 6) is -0.600. The average Bonchev–Trinajstić information content (AvgIpc) is 3.08. The fourth-order valence-electron chi connectivity index (χ4n) is 4.91.